The van der Waals surface area contributed by atoms with E-state index in [2.05, 4.69) is 42.2 Å². The number of likely N-dealkylation sites (N-methyl/N-ethyl adjacent to an activating group) is 1. The standard InChI is InChI=1S/C14H22N4S/c1-6-11-7-13(18(5)17-11)12(15-4)8-14-16-9(2)10(3)19-14/h7,12,15H,6,8H2,1-5H3. The van der Waals surface area contributed by atoms with Crippen LogP contribution in [-0.2, 0) is 19.9 Å². The van der Waals surface area contributed by atoms with E-state index >= 15 is 0 Å². The summed E-state index contributed by atoms with van der Waals surface area (Å²) < 4.78 is 1.98. The van der Waals surface area contributed by atoms with Gasteiger partial charge in [-0.3, -0.25) is 4.68 Å². The van der Waals surface area contributed by atoms with E-state index in [1.54, 1.807) is 11.3 Å². The molecule has 0 spiro atoms. The predicted molar refractivity (Wildman–Crippen MR) is 79.7 cm³/mol. The second-order valence-corrected chi connectivity index (χ2v) is 6.12. The zero-order valence-corrected chi connectivity index (χ0v) is 13.1. The van der Waals surface area contributed by atoms with Crippen molar-refractivity contribution in [2.75, 3.05) is 7.05 Å². The van der Waals surface area contributed by atoms with Crippen LogP contribution in [0.25, 0.3) is 0 Å². The Kier molecular flexibility index (Phi) is 4.37. The van der Waals surface area contributed by atoms with E-state index in [1.165, 1.54) is 15.6 Å². The lowest BCUT2D eigenvalue weighted by atomic mass is 10.1. The lowest BCUT2D eigenvalue weighted by Crippen LogP contribution is -2.21. The number of rotatable bonds is 5. The van der Waals surface area contributed by atoms with Crippen molar-refractivity contribution >= 4 is 11.3 Å². The lowest BCUT2D eigenvalue weighted by Gasteiger charge is -2.14. The van der Waals surface area contributed by atoms with Gasteiger partial charge in [-0.15, -0.1) is 11.3 Å². The van der Waals surface area contributed by atoms with Crippen LogP contribution in [0.1, 0.15) is 39.9 Å². The molecule has 0 aliphatic carbocycles. The van der Waals surface area contributed by atoms with E-state index < -0.39 is 0 Å². The maximum absolute atomic E-state index is 4.63. The molecule has 0 fully saturated rings. The van der Waals surface area contributed by atoms with Crippen molar-refractivity contribution in [3.8, 4) is 0 Å². The summed E-state index contributed by atoms with van der Waals surface area (Å²) in [6, 6.07) is 2.46. The monoisotopic (exact) mass is 278 g/mol. The van der Waals surface area contributed by atoms with Crippen LogP contribution in [0.3, 0.4) is 0 Å². The van der Waals surface area contributed by atoms with Gasteiger partial charge in [0.15, 0.2) is 0 Å². The van der Waals surface area contributed by atoms with Crippen LogP contribution in [0.2, 0.25) is 0 Å². The van der Waals surface area contributed by atoms with Gasteiger partial charge in [-0.2, -0.15) is 5.10 Å². The number of nitrogens with zero attached hydrogens (tertiary/aromatic N) is 3. The zero-order valence-electron chi connectivity index (χ0n) is 12.3. The summed E-state index contributed by atoms with van der Waals surface area (Å²) in [6.07, 6.45) is 1.89. The van der Waals surface area contributed by atoms with Crippen molar-refractivity contribution in [2.24, 2.45) is 7.05 Å². The summed E-state index contributed by atoms with van der Waals surface area (Å²) in [6.45, 7) is 6.33. The maximum atomic E-state index is 4.63. The minimum atomic E-state index is 0.266. The van der Waals surface area contributed by atoms with Gasteiger partial charge in [0.05, 0.1) is 28.1 Å². The zero-order chi connectivity index (χ0) is 14.0. The molecule has 0 aliphatic heterocycles. The fourth-order valence-corrected chi connectivity index (χ4v) is 3.18. The molecule has 4 nitrogen and oxygen atoms in total. The first kappa shape index (κ1) is 14.2. The minimum Gasteiger partial charge on any atom is -0.311 e. The van der Waals surface area contributed by atoms with Crippen LogP contribution < -0.4 is 5.32 Å². The molecule has 1 unspecified atom stereocenters. The Morgan fingerprint density at radius 1 is 1.42 bits per heavy atom. The number of hydrogen-bond acceptors (Lipinski definition) is 4. The third kappa shape index (κ3) is 3.04. The summed E-state index contributed by atoms with van der Waals surface area (Å²) in [5, 5.41) is 9.09. The summed E-state index contributed by atoms with van der Waals surface area (Å²) in [4.78, 5) is 5.94. The molecule has 0 saturated carbocycles. The molecule has 0 amide bonds. The molecule has 0 aliphatic rings. The third-order valence-corrected chi connectivity index (χ3v) is 4.58. The number of aryl methyl sites for hydroxylation is 4. The van der Waals surface area contributed by atoms with Crippen LogP contribution >= 0.6 is 11.3 Å². The Morgan fingerprint density at radius 3 is 2.63 bits per heavy atom. The molecule has 0 saturated heterocycles. The van der Waals surface area contributed by atoms with Gasteiger partial charge in [-0.05, 0) is 33.4 Å². The number of nitrogens with one attached hydrogen (secondary N) is 1. The molecule has 1 atom stereocenters. The van der Waals surface area contributed by atoms with E-state index in [4.69, 9.17) is 0 Å². The van der Waals surface area contributed by atoms with Crippen molar-refractivity contribution in [2.45, 2.75) is 39.7 Å². The van der Waals surface area contributed by atoms with Crippen LogP contribution in [0, 0.1) is 13.8 Å². The molecule has 0 bridgehead atoms. The lowest BCUT2D eigenvalue weighted by molar-refractivity contribution is 0.535. The van der Waals surface area contributed by atoms with Gasteiger partial charge >= 0.3 is 0 Å². The molecular weight excluding hydrogens is 256 g/mol. The number of hydrogen-bond donors (Lipinski definition) is 1. The maximum Gasteiger partial charge on any atom is 0.0950 e. The highest BCUT2D eigenvalue weighted by Crippen LogP contribution is 2.23. The Balaban J connectivity index is 2.21. The van der Waals surface area contributed by atoms with Crippen LogP contribution in [0.5, 0.6) is 0 Å². The topological polar surface area (TPSA) is 42.7 Å². The predicted octanol–water partition coefficient (Wildman–Crippen LogP) is 2.56. The average molecular weight is 278 g/mol. The summed E-state index contributed by atoms with van der Waals surface area (Å²) >= 11 is 1.79. The van der Waals surface area contributed by atoms with Gasteiger partial charge in [-0.1, -0.05) is 6.92 Å². The first-order valence-electron chi connectivity index (χ1n) is 6.68. The SMILES string of the molecule is CCc1cc(C(Cc2nc(C)c(C)s2)NC)n(C)n1. The second kappa shape index (κ2) is 5.84. The van der Waals surface area contributed by atoms with E-state index in [1.807, 2.05) is 18.8 Å². The third-order valence-electron chi connectivity index (χ3n) is 3.49. The van der Waals surface area contributed by atoms with E-state index in [9.17, 15) is 0 Å². The molecule has 0 radical (unpaired) electrons. The largest absolute Gasteiger partial charge is 0.311 e. The first-order valence-corrected chi connectivity index (χ1v) is 7.49. The smallest absolute Gasteiger partial charge is 0.0950 e. The van der Waals surface area contributed by atoms with Gasteiger partial charge in [0.1, 0.15) is 0 Å². The second-order valence-electron chi connectivity index (χ2n) is 4.83. The van der Waals surface area contributed by atoms with Gasteiger partial charge < -0.3 is 5.32 Å². The molecular formula is C14H22N4S. The molecule has 2 rings (SSSR count). The van der Waals surface area contributed by atoms with Crippen LogP contribution in [0.4, 0.5) is 0 Å². The summed E-state index contributed by atoms with van der Waals surface area (Å²) in [5.41, 5.74) is 3.52. The molecule has 2 aromatic heterocycles. The van der Waals surface area contributed by atoms with Gasteiger partial charge in [0.2, 0.25) is 0 Å². The fourth-order valence-electron chi connectivity index (χ4n) is 2.20. The average Bonchev–Trinajstić information content (AvgIpc) is 2.90. The highest BCUT2D eigenvalue weighted by Gasteiger charge is 2.17. The Bertz CT molecular complexity index is 536. The Labute approximate surface area is 118 Å². The first-order chi connectivity index (χ1) is 9.05. The van der Waals surface area contributed by atoms with Crippen molar-refractivity contribution < 1.29 is 0 Å². The van der Waals surface area contributed by atoms with Crippen molar-refractivity contribution in [3.63, 3.8) is 0 Å². The Hall–Kier alpha value is -1.20. The quantitative estimate of drug-likeness (QED) is 0.914. The molecule has 5 heteroatoms. The summed E-state index contributed by atoms with van der Waals surface area (Å²) in [5.74, 6) is 0. The van der Waals surface area contributed by atoms with Crippen LogP contribution in [0.15, 0.2) is 6.07 Å². The highest BCUT2D eigenvalue weighted by atomic mass is 32.1. The van der Waals surface area contributed by atoms with Crippen molar-refractivity contribution in [3.05, 3.63) is 33.0 Å². The van der Waals surface area contributed by atoms with Crippen LogP contribution in [-0.4, -0.2) is 21.8 Å². The molecule has 2 aromatic rings. The van der Waals surface area contributed by atoms with E-state index in [-0.39, 0.29) is 6.04 Å². The molecule has 0 aromatic carbocycles. The fraction of sp³-hybridized carbons (Fsp3) is 0.571. The minimum absolute atomic E-state index is 0.266. The normalized spacial score (nSPS) is 12.9. The number of thiazole rings is 1. The molecule has 104 valence electrons. The van der Waals surface area contributed by atoms with Gasteiger partial charge in [0.25, 0.3) is 0 Å². The Morgan fingerprint density at radius 2 is 2.16 bits per heavy atom. The van der Waals surface area contributed by atoms with Gasteiger partial charge in [0, 0.05) is 18.3 Å². The molecule has 2 heterocycles. The van der Waals surface area contributed by atoms with Crippen molar-refractivity contribution in [1.82, 2.24) is 20.1 Å². The number of aromatic nitrogens is 3. The molecule has 1 N–H and O–H groups in total. The molecule has 19 heavy (non-hydrogen) atoms. The van der Waals surface area contributed by atoms with Crippen molar-refractivity contribution in [1.29, 1.82) is 0 Å². The highest BCUT2D eigenvalue weighted by molar-refractivity contribution is 7.11. The summed E-state index contributed by atoms with van der Waals surface area (Å²) in [7, 11) is 4.01. The van der Waals surface area contributed by atoms with Gasteiger partial charge in [-0.25, -0.2) is 4.98 Å². The van der Waals surface area contributed by atoms with E-state index in [0.717, 1.165) is 24.2 Å². The van der Waals surface area contributed by atoms with E-state index in [0.29, 0.717) is 0 Å².